The molecule has 0 rings (SSSR count). The van der Waals surface area contributed by atoms with Crippen LogP contribution < -0.4 is 5.32 Å². The van der Waals surface area contributed by atoms with Crippen molar-refractivity contribution in [3.8, 4) is 0 Å². The van der Waals surface area contributed by atoms with Gasteiger partial charge in [0.1, 0.15) is 5.82 Å². The number of ether oxygens (including phenoxy) is 1. The zero-order valence-corrected chi connectivity index (χ0v) is 12.5. The summed E-state index contributed by atoms with van der Waals surface area (Å²) in [4.78, 5) is 13.9. The molecule has 0 aromatic heterocycles. The van der Waals surface area contributed by atoms with Crippen LogP contribution in [0.15, 0.2) is 11.4 Å². The van der Waals surface area contributed by atoms with E-state index in [0.717, 1.165) is 43.6 Å². The first kappa shape index (κ1) is 16.8. The highest BCUT2D eigenvalue weighted by Crippen LogP contribution is 2.13. The lowest BCUT2D eigenvalue weighted by Crippen LogP contribution is -2.30. The van der Waals surface area contributed by atoms with Crippen LogP contribution in [-0.2, 0) is 9.53 Å². The summed E-state index contributed by atoms with van der Waals surface area (Å²) in [6, 6.07) is 0. The maximum absolute atomic E-state index is 12.0. The molecule has 0 aromatic rings. The maximum atomic E-state index is 12.0. The summed E-state index contributed by atoms with van der Waals surface area (Å²) in [5, 5.41) is 3.35. The van der Waals surface area contributed by atoms with E-state index in [0.29, 0.717) is 6.61 Å². The minimum absolute atomic E-state index is 0.202. The van der Waals surface area contributed by atoms with Crippen LogP contribution in [0.1, 0.15) is 46.5 Å². The second-order valence-electron chi connectivity index (χ2n) is 4.47. The smallest absolute Gasteiger partial charge is 0.337 e. The lowest BCUT2D eigenvalue weighted by atomic mass is 10.1. The van der Waals surface area contributed by atoms with Gasteiger partial charge in [-0.15, -0.1) is 0 Å². The fraction of sp³-hybridized carbons (Fsp3) is 0.786. The Bertz CT molecular complexity index is 273. The number of rotatable bonds is 9. The van der Waals surface area contributed by atoms with E-state index in [-0.39, 0.29) is 5.97 Å². The molecule has 0 aromatic carbocycles. The molecule has 0 aliphatic rings. The van der Waals surface area contributed by atoms with Gasteiger partial charge < -0.3 is 15.0 Å². The van der Waals surface area contributed by atoms with Crippen molar-refractivity contribution >= 4 is 5.97 Å². The average molecular weight is 256 g/mol. The van der Waals surface area contributed by atoms with Crippen molar-refractivity contribution in [1.29, 1.82) is 0 Å². The van der Waals surface area contributed by atoms with Crippen LogP contribution in [0.25, 0.3) is 0 Å². The number of esters is 1. The molecule has 0 aliphatic carbocycles. The zero-order valence-electron chi connectivity index (χ0n) is 12.5. The van der Waals surface area contributed by atoms with Crippen molar-refractivity contribution in [2.24, 2.45) is 0 Å². The number of hydrogen-bond donors (Lipinski definition) is 1. The standard InChI is InChI=1S/C14H28N2O2/c1-6-9-11-15-13(16(4)5)12(10-7-2)14(17)18-8-3/h15H,6-11H2,1-5H3. The molecule has 0 bridgehead atoms. The average Bonchev–Trinajstić information content (AvgIpc) is 2.32. The summed E-state index contributed by atoms with van der Waals surface area (Å²) in [5.74, 6) is 0.691. The van der Waals surface area contributed by atoms with Crippen LogP contribution in [0.2, 0.25) is 0 Å². The van der Waals surface area contributed by atoms with Gasteiger partial charge in [-0.25, -0.2) is 4.79 Å². The molecule has 0 aliphatic heterocycles. The van der Waals surface area contributed by atoms with Gasteiger partial charge >= 0.3 is 5.97 Å². The highest BCUT2D eigenvalue weighted by molar-refractivity contribution is 5.89. The van der Waals surface area contributed by atoms with Crippen molar-refractivity contribution < 1.29 is 9.53 Å². The predicted molar refractivity (Wildman–Crippen MR) is 75.2 cm³/mol. The molecule has 0 spiro atoms. The van der Waals surface area contributed by atoms with Gasteiger partial charge in [0.25, 0.3) is 0 Å². The van der Waals surface area contributed by atoms with Crippen molar-refractivity contribution in [2.75, 3.05) is 27.2 Å². The molecule has 4 heteroatoms. The van der Waals surface area contributed by atoms with Gasteiger partial charge in [-0.05, 0) is 19.8 Å². The molecular weight excluding hydrogens is 228 g/mol. The van der Waals surface area contributed by atoms with Crippen molar-refractivity contribution in [2.45, 2.75) is 46.5 Å². The Kier molecular flexibility index (Phi) is 9.15. The Hall–Kier alpha value is -1.19. The summed E-state index contributed by atoms with van der Waals surface area (Å²) in [7, 11) is 3.90. The Balaban J connectivity index is 4.96. The second-order valence-corrected chi connectivity index (χ2v) is 4.47. The van der Waals surface area contributed by atoms with E-state index >= 15 is 0 Å². The topological polar surface area (TPSA) is 41.6 Å². The molecule has 1 N–H and O–H groups in total. The summed E-state index contributed by atoms with van der Waals surface area (Å²) in [6.45, 7) is 7.36. The SMILES string of the molecule is CCCCNC(=C(CCC)C(=O)OCC)N(C)C. The minimum Gasteiger partial charge on any atom is -0.463 e. The number of carbonyl (C=O) groups excluding carboxylic acids is 1. The van der Waals surface area contributed by atoms with E-state index in [1.54, 1.807) is 0 Å². The number of carbonyl (C=O) groups is 1. The third kappa shape index (κ3) is 5.94. The van der Waals surface area contributed by atoms with Gasteiger partial charge in [0.2, 0.25) is 0 Å². The van der Waals surface area contributed by atoms with Crippen LogP contribution in [0.3, 0.4) is 0 Å². The van der Waals surface area contributed by atoms with Gasteiger partial charge in [0, 0.05) is 20.6 Å². The van der Waals surface area contributed by atoms with Crippen molar-refractivity contribution in [1.82, 2.24) is 10.2 Å². The van der Waals surface area contributed by atoms with Crippen molar-refractivity contribution in [3.63, 3.8) is 0 Å². The van der Waals surface area contributed by atoms with E-state index in [4.69, 9.17) is 4.74 Å². The quantitative estimate of drug-likeness (QED) is 0.391. The van der Waals surface area contributed by atoms with Crippen LogP contribution in [-0.4, -0.2) is 38.1 Å². The highest BCUT2D eigenvalue weighted by atomic mass is 16.5. The highest BCUT2D eigenvalue weighted by Gasteiger charge is 2.17. The van der Waals surface area contributed by atoms with Crippen LogP contribution >= 0.6 is 0 Å². The molecule has 0 amide bonds. The summed E-state index contributed by atoms with van der Waals surface area (Å²) in [6.07, 6.45) is 3.90. The number of unbranched alkanes of at least 4 members (excludes halogenated alkanes) is 1. The normalized spacial score (nSPS) is 11.8. The molecule has 4 nitrogen and oxygen atoms in total. The minimum atomic E-state index is -0.202. The lowest BCUT2D eigenvalue weighted by molar-refractivity contribution is -0.138. The Morgan fingerprint density at radius 3 is 2.28 bits per heavy atom. The van der Waals surface area contributed by atoms with Gasteiger partial charge in [-0.3, -0.25) is 0 Å². The molecule has 0 heterocycles. The molecule has 0 fully saturated rings. The maximum Gasteiger partial charge on any atom is 0.337 e. The van der Waals surface area contributed by atoms with Gasteiger partial charge in [0.05, 0.1) is 12.2 Å². The molecular formula is C14H28N2O2. The van der Waals surface area contributed by atoms with Crippen molar-refractivity contribution in [3.05, 3.63) is 11.4 Å². The molecule has 0 radical (unpaired) electrons. The Labute approximate surface area is 111 Å². The summed E-state index contributed by atoms with van der Waals surface area (Å²) >= 11 is 0. The van der Waals surface area contributed by atoms with Crippen LogP contribution in [0.4, 0.5) is 0 Å². The number of hydrogen-bond acceptors (Lipinski definition) is 4. The van der Waals surface area contributed by atoms with Crippen LogP contribution in [0.5, 0.6) is 0 Å². The van der Waals surface area contributed by atoms with E-state index in [2.05, 4.69) is 19.2 Å². The fourth-order valence-electron chi connectivity index (χ4n) is 1.70. The molecule has 0 unspecified atom stereocenters. The molecule has 106 valence electrons. The molecule has 18 heavy (non-hydrogen) atoms. The monoisotopic (exact) mass is 256 g/mol. The largest absolute Gasteiger partial charge is 0.463 e. The third-order valence-corrected chi connectivity index (χ3v) is 2.58. The second kappa shape index (κ2) is 9.80. The van der Waals surface area contributed by atoms with E-state index in [9.17, 15) is 4.79 Å². The first-order valence-electron chi connectivity index (χ1n) is 6.89. The zero-order chi connectivity index (χ0) is 14.0. The first-order valence-corrected chi connectivity index (χ1v) is 6.89. The van der Waals surface area contributed by atoms with Crippen LogP contribution in [0, 0.1) is 0 Å². The van der Waals surface area contributed by atoms with E-state index < -0.39 is 0 Å². The number of nitrogens with one attached hydrogen (secondary N) is 1. The predicted octanol–water partition coefficient (Wildman–Crippen LogP) is 2.51. The number of nitrogens with zero attached hydrogens (tertiary/aromatic N) is 1. The summed E-state index contributed by atoms with van der Waals surface area (Å²) in [5.41, 5.74) is 0.750. The molecule has 0 saturated heterocycles. The summed E-state index contributed by atoms with van der Waals surface area (Å²) < 4.78 is 5.13. The van der Waals surface area contributed by atoms with Gasteiger partial charge in [-0.1, -0.05) is 26.7 Å². The van der Waals surface area contributed by atoms with E-state index in [1.165, 1.54) is 0 Å². The van der Waals surface area contributed by atoms with E-state index in [1.807, 2.05) is 25.9 Å². The van der Waals surface area contributed by atoms with Gasteiger partial charge in [-0.2, -0.15) is 0 Å². The fourth-order valence-corrected chi connectivity index (χ4v) is 1.70. The third-order valence-electron chi connectivity index (χ3n) is 2.58. The Morgan fingerprint density at radius 1 is 1.17 bits per heavy atom. The first-order chi connectivity index (χ1) is 8.58. The lowest BCUT2D eigenvalue weighted by Gasteiger charge is -2.22. The molecule has 0 saturated carbocycles. The molecule has 0 atom stereocenters. The van der Waals surface area contributed by atoms with Gasteiger partial charge in [0.15, 0.2) is 0 Å². The Morgan fingerprint density at radius 2 is 1.83 bits per heavy atom.